The van der Waals surface area contributed by atoms with Gasteiger partial charge >= 0.3 is 5.97 Å². The zero-order valence-electron chi connectivity index (χ0n) is 19.6. The lowest BCUT2D eigenvalue weighted by Crippen LogP contribution is -2.55. The summed E-state index contributed by atoms with van der Waals surface area (Å²) in [4.78, 5) is 49.8. The first-order valence-corrected chi connectivity index (χ1v) is 11.3. The third-order valence-electron chi connectivity index (χ3n) is 6.14. The smallest absolute Gasteiger partial charge is 0.322 e. The van der Waals surface area contributed by atoms with Crippen LogP contribution < -0.4 is 24.8 Å². The van der Waals surface area contributed by atoms with E-state index in [1.807, 2.05) is 0 Å². The van der Waals surface area contributed by atoms with Gasteiger partial charge in [0.25, 0.3) is 5.91 Å². The monoisotopic (exact) mass is 514 g/mol. The quantitative estimate of drug-likeness (QED) is 0.475. The van der Waals surface area contributed by atoms with Crippen LogP contribution >= 0.6 is 11.6 Å². The molecule has 11 heteroatoms. The van der Waals surface area contributed by atoms with Crippen molar-refractivity contribution in [2.45, 2.75) is 18.9 Å². The van der Waals surface area contributed by atoms with Crippen LogP contribution in [0.5, 0.6) is 17.2 Å². The Labute approximate surface area is 211 Å². The van der Waals surface area contributed by atoms with Gasteiger partial charge in [-0.05, 0) is 24.6 Å². The first kappa shape index (κ1) is 25.1. The summed E-state index contributed by atoms with van der Waals surface area (Å²) >= 11 is 6.40. The maximum absolute atomic E-state index is 13.6. The van der Waals surface area contributed by atoms with Crippen molar-refractivity contribution < 1.29 is 38.5 Å². The Balaban J connectivity index is 1.61. The minimum Gasteiger partial charge on any atom is -0.496 e. The van der Waals surface area contributed by atoms with Crippen LogP contribution in [0.1, 0.15) is 34.1 Å². The number of aliphatic carboxylic acids is 1. The molecule has 0 fully saturated rings. The molecular weight excluding hydrogens is 492 g/mol. The highest BCUT2D eigenvalue weighted by Gasteiger charge is 2.60. The number of amides is 1. The summed E-state index contributed by atoms with van der Waals surface area (Å²) in [5.41, 5.74) is -0.432. The van der Waals surface area contributed by atoms with Gasteiger partial charge in [-0.3, -0.25) is 19.2 Å². The van der Waals surface area contributed by atoms with Crippen LogP contribution in [0, 0.1) is 5.92 Å². The van der Waals surface area contributed by atoms with Crippen molar-refractivity contribution in [3.05, 3.63) is 58.3 Å². The molecule has 0 bridgehead atoms. The predicted octanol–water partition coefficient (Wildman–Crippen LogP) is 3.09. The topological polar surface area (TPSA) is 140 Å². The first-order chi connectivity index (χ1) is 17.1. The van der Waals surface area contributed by atoms with E-state index in [2.05, 4.69) is 10.6 Å². The van der Waals surface area contributed by atoms with E-state index in [1.165, 1.54) is 38.5 Å². The maximum Gasteiger partial charge on any atom is 0.322 e. The molecule has 0 radical (unpaired) electrons. The lowest BCUT2D eigenvalue weighted by Gasteiger charge is -2.35. The summed E-state index contributed by atoms with van der Waals surface area (Å²) in [7, 11) is 2.81. The summed E-state index contributed by atoms with van der Waals surface area (Å²) in [6, 6.07) is 7.85. The van der Waals surface area contributed by atoms with Crippen molar-refractivity contribution in [3.63, 3.8) is 0 Å². The molecule has 1 spiro atoms. The first-order valence-electron chi connectivity index (χ1n) is 10.9. The van der Waals surface area contributed by atoms with Crippen LogP contribution in [0.2, 0.25) is 5.02 Å². The summed E-state index contributed by atoms with van der Waals surface area (Å²) in [5.74, 6) is -2.90. The van der Waals surface area contributed by atoms with E-state index >= 15 is 0 Å². The fourth-order valence-corrected chi connectivity index (χ4v) is 4.66. The third kappa shape index (κ3) is 4.13. The van der Waals surface area contributed by atoms with E-state index in [4.69, 9.17) is 30.9 Å². The van der Waals surface area contributed by atoms with Gasteiger partial charge in [-0.1, -0.05) is 24.6 Å². The van der Waals surface area contributed by atoms with Gasteiger partial charge in [-0.15, -0.1) is 0 Å². The molecule has 188 valence electrons. The van der Waals surface area contributed by atoms with Crippen LogP contribution in [0.15, 0.2) is 42.1 Å². The summed E-state index contributed by atoms with van der Waals surface area (Å²) in [5, 5.41) is 14.2. The molecular formula is C25H23ClN2O8. The molecule has 1 heterocycles. The highest BCUT2D eigenvalue weighted by atomic mass is 35.5. The minimum atomic E-state index is -1.80. The van der Waals surface area contributed by atoms with Gasteiger partial charge < -0.3 is 30.0 Å². The number of anilines is 1. The molecule has 4 rings (SSSR count). The molecule has 0 saturated carbocycles. The van der Waals surface area contributed by atoms with Crippen molar-refractivity contribution in [1.29, 1.82) is 0 Å². The van der Waals surface area contributed by atoms with Gasteiger partial charge in [0.2, 0.25) is 17.2 Å². The van der Waals surface area contributed by atoms with Gasteiger partial charge in [-0.25, -0.2) is 0 Å². The number of hydrogen-bond donors (Lipinski definition) is 3. The summed E-state index contributed by atoms with van der Waals surface area (Å²) < 4.78 is 16.6. The van der Waals surface area contributed by atoms with Crippen LogP contribution in [-0.4, -0.2) is 54.9 Å². The van der Waals surface area contributed by atoms with E-state index in [0.717, 1.165) is 0 Å². The zero-order valence-corrected chi connectivity index (χ0v) is 20.4. The number of carboxylic acid groups (broad SMARTS) is 1. The number of ketones is 2. The van der Waals surface area contributed by atoms with Crippen molar-refractivity contribution in [2.75, 3.05) is 26.1 Å². The molecule has 1 aliphatic carbocycles. The Morgan fingerprint density at radius 3 is 2.56 bits per heavy atom. The lowest BCUT2D eigenvalue weighted by molar-refractivity contribution is -0.135. The molecule has 1 amide bonds. The Morgan fingerprint density at radius 2 is 1.92 bits per heavy atom. The van der Waals surface area contributed by atoms with Crippen molar-refractivity contribution >= 4 is 40.7 Å². The molecule has 0 aromatic heterocycles. The molecule has 2 aromatic rings. The lowest BCUT2D eigenvalue weighted by atomic mass is 9.74. The van der Waals surface area contributed by atoms with Crippen LogP contribution in [-0.2, 0) is 9.59 Å². The third-order valence-corrected chi connectivity index (χ3v) is 6.50. The number of methoxy groups -OCH3 is 2. The van der Waals surface area contributed by atoms with Gasteiger partial charge in [0, 0.05) is 35.0 Å². The molecule has 36 heavy (non-hydrogen) atoms. The highest BCUT2D eigenvalue weighted by molar-refractivity contribution is 6.36. The van der Waals surface area contributed by atoms with Crippen molar-refractivity contribution in [1.82, 2.24) is 5.32 Å². The molecule has 0 saturated heterocycles. The number of allylic oxidation sites excluding steroid dienone is 1. The number of fused-ring (bicyclic) bond motifs is 1. The highest BCUT2D eigenvalue weighted by Crippen LogP contribution is 2.53. The van der Waals surface area contributed by atoms with Gasteiger partial charge in [-0.2, -0.15) is 0 Å². The Bertz CT molecular complexity index is 1320. The second-order valence-corrected chi connectivity index (χ2v) is 8.77. The van der Waals surface area contributed by atoms with Gasteiger partial charge in [0.15, 0.2) is 5.75 Å². The molecule has 2 aromatic carbocycles. The fraction of sp³-hybridized carbons (Fsp3) is 0.280. The largest absolute Gasteiger partial charge is 0.496 e. The van der Waals surface area contributed by atoms with Gasteiger partial charge in [0.1, 0.15) is 28.6 Å². The van der Waals surface area contributed by atoms with Crippen molar-refractivity contribution in [2.24, 2.45) is 5.92 Å². The number of benzene rings is 2. The number of carboxylic acids is 1. The van der Waals surface area contributed by atoms with Crippen LogP contribution in [0.25, 0.3) is 0 Å². The second-order valence-electron chi connectivity index (χ2n) is 8.39. The van der Waals surface area contributed by atoms with Gasteiger partial charge in [0.05, 0.1) is 14.2 Å². The average Bonchev–Trinajstić information content (AvgIpc) is 3.16. The number of Topliss-reactive ketones (excluding diaryl/α,β-unsaturated/α-hetero) is 1. The second kappa shape index (κ2) is 9.54. The SMILES string of the molecule is COc1cc(OC)c2c(c1Cl)O[C@@]1(C(=O)C=C(Nc3cccc(C(=O)NCC(=O)O)c3)C[C@H]1C)C2=O. The summed E-state index contributed by atoms with van der Waals surface area (Å²) in [6.45, 7) is 1.22. The Kier molecular flexibility index (Phi) is 6.64. The van der Waals surface area contributed by atoms with Crippen molar-refractivity contribution in [3.8, 4) is 17.2 Å². The normalized spacial score (nSPS) is 20.3. The van der Waals surface area contributed by atoms with E-state index in [-0.39, 0.29) is 39.8 Å². The zero-order chi connectivity index (χ0) is 26.2. The van der Waals surface area contributed by atoms with Crippen LogP contribution in [0.4, 0.5) is 5.69 Å². The molecule has 0 unspecified atom stereocenters. The van der Waals surface area contributed by atoms with E-state index in [0.29, 0.717) is 11.4 Å². The average molecular weight is 515 g/mol. The Morgan fingerprint density at radius 1 is 1.19 bits per heavy atom. The number of ether oxygens (including phenoxy) is 3. The maximum atomic E-state index is 13.6. The molecule has 1 aliphatic heterocycles. The fourth-order valence-electron chi connectivity index (χ4n) is 4.40. The predicted molar refractivity (Wildman–Crippen MR) is 129 cm³/mol. The summed E-state index contributed by atoms with van der Waals surface area (Å²) in [6.07, 6.45) is 1.58. The number of carbonyl (C=O) groups excluding carboxylic acids is 3. The number of hydrogen-bond acceptors (Lipinski definition) is 8. The molecule has 2 atom stereocenters. The van der Waals surface area contributed by atoms with Crippen LogP contribution in [0.3, 0.4) is 0 Å². The molecule has 2 aliphatic rings. The molecule has 3 N–H and O–H groups in total. The van der Waals surface area contributed by atoms with E-state index in [9.17, 15) is 19.2 Å². The van der Waals surface area contributed by atoms with E-state index < -0.39 is 41.5 Å². The number of carbonyl (C=O) groups is 4. The van der Waals surface area contributed by atoms with E-state index in [1.54, 1.807) is 19.1 Å². The Hall–Kier alpha value is -4.05. The minimum absolute atomic E-state index is 0.0444. The number of rotatable bonds is 7. The standard InChI is InChI=1S/C25H23ClN2O8/c1-12-7-15(28-14-6-4-5-13(8-14)24(33)27-11-19(30)31)9-18(29)25(12)23(32)20-16(34-2)10-17(35-3)21(26)22(20)36-25/h4-6,8-10,12,28H,7,11H2,1-3H3,(H,27,33)(H,30,31)/t12-,25+/m1/s1. The molecule has 10 nitrogen and oxygen atoms in total. The number of nitrogens with one attached hydrogen (secondary N) is 2. The number of halogens is 1.